The van der Waals surface area contributed by atoms with E-state index < -0.39 is 6.09 Å². The van der Waals surface area contributed by atoms with E-state index >= 15 is 0 Å². The van der Waals surface area contributed by atoms with Gasteiger partial charge in [0.1, 0.15) is 30.5 Å². The Hall–Kier alpha value is -2.37. The maximum Gasteiger partial charge on any atom is 0.407 e. The van der Waals surface area contributed by atoms with Gasteiger partial charge < -0.3 is 19.5 Å². The third-order valence-corrected chi connectivity index (χ3v) is 3.64. The number of halogens is 2. The van der Waals surface area contributed by atoms with Crippen LogP contribution in [0.3, 0.4) is 0 Å². The van der Waals surface area contributed by atoms with Crippen LogP contribution in [0.4, 0.5) is 4.79 Å². The van der Waals surface area contributed by atoms with Gasteiger partial charge in [-0.15, -0.1) is 0 Å². The maximum atomic E-state index is 11.4. The molecule has 0 aromatic heterocycles. The molecule has 7 heteroatoms. The molecule has 2 aromatic carbocycles. The monoisotopic (exact) mass is 395 g/mol. The zero-order chi connectivity index (χ0) is 18.8. The minimum atomic E-state index is -0.497. The molecule has 0 heterocycles. The van der Waals surface area contributed by atoms with E-state index in [-0.39, 0.29) is 13.2 Å². The van der Waals surface area contributed by atoms with Crippen molar-refractivity contribution in [2.75, 3.05) is 19.8 Å². The van der Waals surface area contributed by atoms with Crippen LogP contribution < -0.4 is 14.8 Å². The number of hydrogen-bond donors (Lipinski definition) is 1. The molecule has 0 atom stereocenters. The highest BCUT2D eigenvalue weighted by atomic mass is 35.5. The van der Waals surface area contributed by atoms with Crippen molar-refractivity contribution < 1.29 is 19.0 Å². The molecule has 5 nitrogen and oxygen atoms in total. The van der Waals surface area contributed by atoms with Gasteiger partial charge >= 0.3 is 6.09 Å². The van der Waals surface area contributed by atoms with E-state index in [1.807, 2.05) is 6.92 Å². The van der Waals surface area contributed by atoms with Crippen LogP contribution in [0.5, 0.6) is 17.2 Å². The third kappa shape index (κ3) is 6.86. The fourth-order valence-electron chi connectivity index (χ4n) is 1.91. The van der Waals surface area contributed by atoms with Gasteiger partial charge in [-0.3, -0.25) is 0 Å². The number of rotatable bonds is 8. The number of carbonyl (C=O) groups is 1. The molecule has 0 aliphatic rings. The Balaban J connectivity index is 1.79. The predicted octanol–water partition coefficient (Wildman–Crippen LogP) is 5.47. The fourth-order valence-corrected chi connectivity index (χ4v) is 2.32. The summed E-state index contributed by atoms with van der Waals surface area (Å²) in [6.07, 6.45) is 3.05. The number of amides is 1. The Labute approximate surface area is 162 Å². The SMILES string of the molecule is CC=CCOC(=O)NCCOc1ccc(Oc2cccc(Cl)c2)cc1Cl. The molecule has 138 valence electrons. The van der Waals surface area contributed by atoms with E-state index in [4.69, 9.17) is 37.4 Å². The first-order valence-corrected chi connectivity index (χ1v) is 8.71. The van der Waals surface area contributed by atoms with Crippen molar-refractivity contribution in [1.82, 2.24) is 5.32 Å². The van der Waals surface area contributed by atoms with Gasteiger partial charge in [-0.25, -0.2) is 4.79 Å². The van der Waals surface area contributed by atoms with Gasteiger partial charge in [-0.05, 0) is 37.3 Å². The van der Waals surface area contributed by atoms with E-state index in [9.17, 15) is 4.79 Å². The molecule has 0 radical (unpaired) electrons. The van der Waals surface area contributed by atoms with Crippen LogP contribution >= 0.6 is 23.2 Å². The van der Waals surface area contributed by atoms with Crippen LogP contribution in [0.25, 0.3) is 0 Å². The van der Waals surface area contributed by atoms with E-state index in [0.717, 1.165) is 0 Å². The zero-order valence-corrected chi connectivity index (χ0v) is 15.7. The van der Waals surface area contributed by atoms with E-state index in [1.165, 1.54) is 0 Å². The fraction of sp³-hybridized carbons (Fsp3) is 0.211. The molecule has 1 N–H and O–H groups in total. The second-order valence-electron chi connectivity index (χ2n) is 5.09. The molecule has 0 saturated heterocycles. The highest BCUT2D eigenvalue weighted by molar-refractivity contribution is 6.32. The number of benzene rings is 2. The summed E-state index contributed by atoms with van der Waals surface area (Å²) in [6.45, 7) is 2.64. The maximum absolute atomic E-state index is 11.4. The van der Waals surface area contributed by atoms with Crippen LogP contribution in [-0.4, -0.2) is 25.9 Å². The van der Waals surface area contributed by atoms with Crippen molar-refractivity contribution in [3.63, 3.8) is 0 Å². The lowest BCUT2D eigenvalue weighted by Gasteiger charge is -2.11. The summed E-state index contributed by atoms with van der Waals surface area (Å²) in [5.41, 5.74) is 0. The van der Waals surface area contributed by atoms with Gasteiger partial charge in [-0.1, -0.05) is 41.4 Å². The van der Waals surface area contributed by atoms with Crippen LogP contribution in [0.2, 0.25) is 10.0 Å². The van der Waals surface area contributed by atoms with Crippen LogP contribution in [0, 0.1) is 0 Å². The summed E-state index contributed by atoms with van der Waals surface area (Å²) in [5.74, 6) is 1.67. The number of nitrogens with one attached hydrogen (secondary N) is 1. The first-order chi connectivity index (χ1) is 12.6. The molecule has 0 aliphatic heterocycles. The van der Waals surface area contributed by atoms with Gasteiger partial charge in [0.2, 0.25) is 0 Å². The van der Waals surface area contributed by atoms with Gasteiger partial charge in [0.25, 0.3) is 0 Å². The molecule has 2 rings (SSSR count). The average molecular weight is 396 g/mol. The lowest BCUT2D eigenvalue weighted by molar-refractivity contribution is 0.156. The zero-order valence-electron chi connectivity index (χ0n) is 14.2. The van der Waals surface area contributed by atoms with E-state index in [0.29, 0.717) is 33.8 Å². The normalized spacial score (nSPS) is 10.6. The first kappa shape index (κ1) is 19.9. The van der Waals surface area contributed by atoms with Crippen LogP contribution in [0.1, 0.15) is 6.92 Å². The number of hydrogen-bond acceptors (Lipinski definition) is 4. The molecule has 2 aromatic rings. The lowest BCUT2D eigenvalue weighted by Crippen LogP contribution is -2.28. The van der Waals surface area contributed by atoms with Gasteiger partial charge in [0.05, 0.1) is 11.6 Å². The summed E-state index contributed by atoms with van der Waals surface area (Å²) in [4.78, 5) is 11.4. The molecule has 0 aliphatic carbocycles. The molecule has 0 fully saturated rings. The Morgan fingerprint density at radius 3 is 2.69 bits per heavy atom. The van der Waals surface area contributed by atoms with E-state index in [1.54, 1.807) is 54.6 Å². The Bertz CT molecular complexity index is 765. The van der Waals surface area contributed by atoms with E-state index in [2.05, 4.69) is 5.32 Å². The molecule has 1 amide bonds. The van der Waals surface area contributed by atoms with Gasteiger partial charge in [-0.2, -0.15) is 0 Å². The molecule has 0 unspecified atom stereocenters. The Morgan fingerprint density at radius 1 is 1.15 bits per heavy atom. The van der Waals surface area contributed by atoms with Crippen LogP contribution in [-0.2, 0) is 4.74 Å². The number of alkyl carbamates (subject to hydrolysis) is 1. The van der Waals surface area contributed by atoms with Crippen molar-refractivity contribution in [3.05, 3.63) is 64.7 Å². The Kier molecular flexibility index (Phi) is 8.12. The lowest BCUT2D eigenvalue weighted by atomic mass is 10.3. The van der Waals surface area contributed by atoms with Crippen molar-refractivity contribution >= 4 is 29.3 Å². The minimum absolute atomic E-state index is 0.239. The van der Waals surface area contributed by atoms with Crippen molar-refractivity contribution in [3.8, 4) is 17.2 Å². The standard InChI is InChI=1S/C19H19Cl2NO4/c1-2-3-10-25-19(23)22-9-11-24-18-8-7-16(13-17(18)21)26-15-6-4-5-14(20)12-15/h2-8,12-13H,9-11H2,1H3,(H,22,23). The van der Waals surface area contributed by atoms with Crippen molar-refractivity contribution in [1.29, 1.82) is 0 Å². The first-order valence-electron chi connectivity index (χ1n) is 7.96. The predicted molar refractivity (Wildman–Crippen MR) is 103 cm³/mol. The van der Waals surface area contributed by atoms with Crippen molar-refractivity contribution in [2.24, 2.45) is 0 Å². The molecule has 0 bridgehead atoms. The summed E-state index contributed by atoms with van der Waals surface area (Å²) in [7, 11) is 0. The van der Waals surface area contributed by atoms with Gasteiger partial charge in [0, 0.05) is 11.1 Å². The summed E-state index contributed by atoms with van der Waals surface area (Å²) < 4.78 is 16.1. The summed E-state index contributed by atoms with van der Waals surface area (Å²) in [6, 6.07) is 12.2. The quantitative estimate of drug-likeness (QED) is 0.475. The highest BCUT2D eigenvalue weighted by Gasteiger charge is 2.06. The van der Waals surface area contributed by atoms with Crippen molar-refractivity contribution in [2.45, 2.75) is 6.92 Å². The minimum Gasteiger partial charge on any atom is -0.490 e. The topological polar surface area (TPSA) is 56.8 Å². The van der Waals surface area contributed by atoms with Gasteiger partial charge in [0.15, 0.2) is 0 Å². The number of allylic oxidation sites excluding steroid dienone is 1. The second kappa shape index (κ2) is 10.6. The summed E-state index contributed by atoms with van der Waals surface area (Å²) in [5, 5.41) is 3.57. The molecule has 0 saturated carbocycles. The van der Waals surface area contributed by atoms with Crippen LogP contribution in [0.15, 0.2) is 54.6 Å². The largest absolute Gasteiger partial charge is 0.490 e. The Morgan fingerprint density at radius 2 is 1.96 bits per heavy atom. The molecular weight excluding hydrogens is 377 g/mol. The smallest absolute Gasteiger partial charge is 0.407 e. The number of carbonyl (C=O) groups excluding carboxylic acids is 1. The number of ether oxygens (including phenoxy) is 3. The molecule has 26 heavy (non-hydrogen) atoms. The second-order valence-corrected chi connectivity index (χ2v) is 5.94. The average Bonchev–Trinajstić information content (AvgIpc) is 2.60. The molecular formula is C19H19Cl2NO4. The molecule has 0 spiro atoms. The highest BCUT2D eigenvalue weighted by Crippen LogP contribution is 2.31. The third-order valence-electron chi connectivity index (χ3n) is 3.11. The summed E-state index contributed by atoms with van der Waals surface area (Å²) >= 11 is 12.1.